The van der Waals surface area contributed by atoms with E-state index < -0.39 is 15.6 Å². The number of benzene rings is 1. The molecule has 1 aromatic carbocycles. The van der Waals surface area contributed by atoms with Gasteiger partial charge in [0.1, 0.15) is 0 Å². The first-order valence-corrected chi connectivity index (χ1v) is 6.00. The number of hydrogen-bond donors (Lipinski definition) is 1. The highest BCUT2D eigenvalue weighted by atomic mass is 32.2. The topological polar surface area (TPSA) is 46.2 Å². The second-order valence-corrected chi connectivity index (χ2v) is 4.92. The minimum atomic E-state index is -4.50. The van der Waals surface area contributed by atoms with Crippen molar-refractivity contribution in [1.82, 2.24) is 0 Å². The van der Waals surface area contributed by atoms with E-state index in [0.29, 0.717) is 12.2 Å². The Hall–Kier alpha value is -1.43. The van der Waals surface area contributed by atoms with Crippen LogP contribution in [-0.2, 0) is 9.84 Å². The number of anilines is 1. The lowest BCUT2D eigenvalue weighted by molar-refractivity contribution is 0.234. The lowest BCUT2D eigenvalue weighted by Gasteiger charge is -2.05. The predicted octanol–water partition coefficient (Wildman–Crippen LogP) is 2.28. The van der Waals surface area contributed by atoms with Crippen LogP contribution in [0.5, 0.6) is 0 Å². The Labute approximate surface area is 92.7 Å². The summed E-state index contributed by atoms with van der Waals surface area (Å²) in [4.78, 5) is -0.383. The number of rotatable bonds is 5. The van der Waals surface area contributed by atoms with Crippen LogP contribution in [0.2, 0.25) is 0 Å². The van der Waals surface area contributed by atoms with Crippen molar-refractivity contribution in [2.45, 2.75) is 10.7 Å². The van der Waals surface area contributed by atoms with Crippen LogP contribution in [0.1, 0.15) is 0 Å². The minimum Gasteiger partial charge on any atom is -0.382 e. The number of hydrogen-bond acceptors (Lipinski definition) is 3. The number of alkyl halides is 2. The third kappa shape index (κ3) is 2.79. The van der Waals surface area contributed by atoms with Crippen LogP contribution in [0.25, 0.3) is 0 Å². The molecule has 6 heteroatoms. The van der Waals surface area contributed by atoms with Crippen molar-refractivity contribution >= 4 is 15.5 Å². The molecule has 1 rings (SSSR count). The zero-order valence-corrected chi connectivity index (χ0v) is 9.18. The molecule has 0 atom stereocenters. The second kappa shape index (κ2) is 5.07. The highest BCUT2D eigenvalue weighted by Crippen LogP contribution is 2.19. The van der Waals surface area contributed by atoms with Gasteiger partial charge in [0.05, 0.1) is 4.90 Å². The Bertz CT molecular complexity index is 454. The Balaban J connectivity index is 2.91. The molecule has 0 spiro atoms. The van der Waals surface area contributed by atoms with E-state index in [2.05, 4.69) is 11.9 Å². The highest BCUT2D eigenvalue weighted by molar-refractivity contribution is 7.91. The quantitative estimate of drug-likeness (QED) is 0.812. The maximum atomic E-state index is 12.2. The van der Waals surface area contributed by atoms with Crippen molar-refractivity contribution in [2.75, 3.05) is 11.9 Å². The summed E-state index contributed by atoms with van der Waals surface area (Å²) in [5.74, 6) is -3.39. The zero-order valence-electron chi connectivity index (χ0n) is 8.36. The van der Waals surface area contributed by atoms with E-state index in [1.165, 1.54) is 12.1 Å². The molecule has 16 heavy (non-hydrogen) atoms. The largest absolute Gasteiger partial charge is 0.382 e. The molecule has 0 saturated heterocycles. The van der Waals surface area contributed by atoms with Gasteiger partial charge >= 0.3 is 5.76 Å². The third-order valence-electron chi connectivity index (χ3n) is 1.87. The van der Waals surface area contributed by atoms with E-state index >= 15 is 0 Å². The SMILES string of the molecule is C=CCNc1ccc(S(=O)(=O)C(F)F)cc1. The van der Waals surface area contributed by atoms with Crippen molar-refractivity contribution in [3.8, 4) is 0 Å². The van der Waals surface area contributed by atoms with E-state index in [1.807, 2.05) is 0 Å². The normalized spacial score (nSPS) is 11.4. The Kier molecular flexibility index (Phi) is 4.00. The van der Waals surface area contributed by atoms with Gasteiger partial charge in [-0.3, -0.25) is 0 Å². The molecule has 0 radical (unpaired) electrons. The van der Waals surface area contributed by atoms with Crippen molar-refractivity contribution in [3.63, 3.8) is 0 Å². The van der Waals surface area contributed by atoms with Crippen LogP contribution in [0.15, 0.2) is 41.8 Å². The second-order valence-electron chi connectivity index (χ2n) is 3.00. The van der Waals surface area contributed by atoms with Crippen LogP contribution < -0.4 is 5.32 Å². The average molecular weight is 247 g/mol. The Morgan fingerprint density at radius 2 is 1.88 bits per heavy atom. The smallest absolute Gasteiger partial charge is 0.341 e. The number of sulfone groups is 1. The zero-order chi connectivity index (χ0) is 12.2. The lowest BCUT2D eigenvalue weighted by atomic mass is 10.3. The first-order chi connectivity index (χ1) is 7.48. The standard InChI is InChI=1S/C10H11F2NO2S/c1-2-7-13-8-3-5-9(6-4-8)16(14,15)10(11)12/h2-6,10,13H,1,7H2. The van der Waals surface area contributed by atoms with E-state index in [1.54, 1.807) is 6.08 Å². The van der Waals surface area contributed by atoms with Crippen LogP contribution in [-0.4, -0.2) is 20.7 Å². The number of nitrogens with one attached hydrogen (secondary N) is 1. The molecular weight excluding hydrogens is 236 g/mol. The fraction of sp³-hybridized carbons (Fsp3) is 0.200. The molecule has 88 valence electrons. The van der Waals surface area contributed by atoms with E-state index in [-0.39, 0.29) is 4.90 Å². The molecule has 1 N–H and O–H groups in total. The van der Waals surface area contributed by atoms with Crippen LogP contribution in [0.3, 0.4) is 0 Å². The maximum absolute atomic E-state index is 12.2. The van der Waals surface area contributed by atoms with E-state index in [4.69, 9.17) is 0 Å². The van der Waals surface area contributed by atoms with Gasteiger partial charge in [-0.2, -0.15) is 8.78 Å². The summed E-state index contributed by atoms with van der Waals surface area (Å²) in [6.07, 6.45) is 1.63. The highest BCUT2D eigenvalue weighted by Gasteiger charge is 2.26. The molecule has 0 heterocycles. The number of halogens is 2. The van der Waals surface area contributed by atoms with E-state index in [0.717, 1.165) is 12.1 Å². The average Bonchev–Trinajstić information content (AvgIpc) is 2.26. The predicted molar refractivity (Wildman–Crippen MR) is 58.3 cm³/mol. The third-order valence-corrected chi connectivity index (χ3v) is 3.27. The summed E-state index contributed by atoms with van der Waals surface area (Å²) >= 11 is 0. The maximum Gasteiger partial charge on any atom is 0.341 e. The van der Waals surface area contributed by atoms with Crippen molar-refractivity contribution < 1.29 is 17.2 Å². The van der Waals surface area contributed by atoms with Gasteiger partial charge in [0.25, 0.3) is 0 Å². The van der Waals surface area contributed by atoms with Gasteiger partial charge in [-0.1, -0.05) is 6.08 Å². The van der Waals surface area contributed by atoms with Gasteiger partial charge in [0, 0.05) is 12.2 Å². The molecule has 0 aliphatic rings. The summed E-state index contributed by atoms with van der Waals surface area (Å²) in [6.45, 7) is 4.01. The van der Waals surface area contributed by atoms with Crippen molar-refractivity contribution in [3.05, 3.63) is 36.9 Å². The molecular formula is C10H11F2NO2S. The Morgan fingerprint density at radius 3 is 2.31 bits per heavy atom. The van der Waals surface area contributed by atoms with Crippen LogP contribution in [0, 0.1) is 0 Å². The summed E-state index contributed by atoms with van der Waals surface area (Å²) in [5.41, 5.74) is 0.646. The molecule has 0 aromatic heterocycles. The molecule has 0 bridgehead atoms. The minimum absolute atomic E-state index is 0.383. The van der Waals surface area contributed by atoms with Crippen LogP contribution in [0.4, 0.5) is 14.5 Å². The summed E-state index contributed by atoms with van der Waals surface area (Å²) < 4.78 is 46.5. The lowest BCUT2D eigenvalue weighted by Crippen LogP contribution is -2.11. The first kappa shape index (κ1) is 12.6. The van der Waals surface area contributed by atoms with Crippen LogP contribution >= 0.6 is 0 Å². The Morgan fingerprint density at radius 1 is 1.31 bits per heavy atom. The van der Waals surface area contributed by atoms with Crippen molar-refractivity contribution in [2.24, 2.45) is 0 Å². The van der Waals surface area contributed by atoms with Gasteiger partial charge in [-0.25, -0.2) is 8.42 Å². The molecule has 0 unspecified atom stereocenters. The first-order valence-electron chi connectivity index (χ1n) is 4.45. The van der Waals surface area contributed by atoms with Gasteiger partial charge in [-0.15, -0.1) is 6.58 Å². The van der Waals surface area contributed by atoms with Gasteiger partial charge in [-0.05, 0) is 24.3 Å². The summed E-state index contributed by atoms with van der Waals surface area (Å²) in [6, 6.07) is 5.15. The van der Waals surface area contributed by atoms with Crippen molar-refractivity contribution in [1.29, 1.82) is 0 Å². The molecule has 0 saturated carbocycles. The monoisotopic (exact) mass is 247 g/mol. The van der Waals surface area contributed by atoms with Gasteiger partial charge in [0.2, 0.25) is 9.84 Å². The van der Waals surface area contributed by atoms with Gasteiger partial charge in [0.15, 0.2) is 0 Å². The van der Waals surface area contributed by atoms with E-state index in [9.17, 15) is 17.2 Å². The molecule has 0 aliphatic heterocycles. The van der Waals surface area contributed by atoms with Gasteiger partial charge < -0.3 is 5.32 Å². The fourth-order valence-electron chi connectivity index (χ4n) is 1.06. The molecule has 0 fully saturated rings. The molecule has 1 aromatic rings. The molecule has 0 amide bonds. The molecule has 0 aliphatic carbocycles. The summed E-state index contributed by atoms with van der Waals surface area (Å²) in [7, 11) is -4.50. The summed E-state index contributed by atoms with van der Waals surface area (Å²) in [5, 5.41) is 2.90. The molecule has 3 nitrogen and oxygen atoms in total. The fourth-order valence-corrected chi connectivity index (χ4v) is 1.78.